The minimum atomic E-state index is -0.565. The summed E-state index contributed by atoms with van der Waals surface area (Å²) in [5, 5.41) is 0.401. The molecule has 0 saturated heterocycles. The zero-order valence-corrected chi connectivity index (χ0v) is 12.7. The lowest BCUT2D eigenvalue weighted by molar-refractivity contribution is 0.498. The van der Waals surface area contributed by atoms with Gasteiger partial charge in [-0.15, -0.1) is 0 Å². The summed E-state index contributed by atoms with van der Waals surface area (Å²) in [5.74, 6) is 4.65. The number of hydrazine groups is 1. The molecule has 0 bridgehead atoms. The molecule has 0 radical (unpaired) electrons. The third kappa shape index (κ3) is 3.55. The van der Waals surface area contributed by atoms with E-state index in [9.17, 15) is 8.78 Å². The van der Waals surface area contributed by atoms with Gasteiger partial charge in [0.05, 0.1) is 6.04 Å². The van der Waals surface area contributed by atoms with Crippen LogP contribution in [-0.2, 0) is 6.42 Å². The van der Waals surface area contributed by atoms with Gasteiger partial charge >= 0.3 is 0 Å². The fraction of sp³-hybridized carbons (Fsp3) is 0.143. The molecule has 3 N–H and O–H groups in total. The zero-order valence-electron chi connectivity index (χ0n) is 10.3. The molecule has 2 rings (SSSR count). The Morgan fingerprint density at radius 2 is 1.90 bits per heavy atom. The summed E-state index contributed by atoms with van der Waals surface area (Å²) in [6.07, 6.45) is 0.215. The first-order valence-electron chi connectivity index (χ1n) is 5.86. The highest BCUT2D eigenvalue weighted by Crippen LogP contribution is 2.25. The summed E-state index contributed by atoms with van der Waals surface area (Å²) in [5.41, 5.74) is 3.25. The van der Waals surface area contributed by atoms with Crippen LogP contribution in [0.5, 0.6) is 0 Å². The van der Waals surface area contributed by atoms with Gasteiger partial charge in [-0.25, -0.2) is 8.78 Å². The molecule has 0 aromatic heterocycles. The molecule has 0 saturated carbocycles. The first-order chi connectivity index (χ1) is 9.51. The van der Waals surface area contributed by atoms with Crippen LogP contribution in [0.15, 0.2) is 40.9 Å². The molecule has 2 nitrogen and oxygen atoms in total. The number of nitrogens with two attached hydrogens (primary N) is 1. The maximum atomic E-state index is 13.8. The van der Waals surface area contributed by atoms with Gasteiger partial charge in [-0.2, -0.15) is 0 Å². The van der Waals surface area contributed by atoms with Crippen molar-refractivity contribution in [1.82, 2.24) is 5.43 Å². The van der Waals surface area contributed by atoms with Crippen LogP contribution in [0.3, 0.4) is 0 Å². The first-order valence-corrected chi connectivity index (χ1v) is 7.03. The molecule has 2 aromatic carbocycles. The fourth-order valence-corrected chi connectivity index (χ4v) is 2.46. The van der Waals surface area contributed by atoms with Crippen molar-refractivity contribution in [3.05, 3.63) is 68.7 Å². The van der Waals surface area contributed by atoms with Crippen molar-refractivity contribution in [2.45, 2.75) is 12.5 Å². The number of nitrogens with one attached hydrogen (secondary N) is 1. The van der Waals surface area contributed by atoms with Crippen LogP contribution in [-0.4, -0.2) is 0 Å². The lowest BCUT2D eigenvalue weighted by Gasteiger charge is -2.18. The Morgan fingerprint density at radius 3 is 2.55 bits per heavy atom. The summed E-state index contributed by atoms with van der Waals surface area (Å²) in [7, 11) is 0. The SMILES string of the molecule is NNC(Cc1ccc(Br)cc1F)c1cc(Cl)ccc1F. The highest BCUT2D eigenvalue weighted by atomic mass is 79.9. The van der Waals surface area contributed by atoms with Gasteiger partial charge in [0.2, 0.25) is 0 Å². The maximum Gasteiger partial charge on any atom is 0.128 e. The van der Waals surface area contributed by atoms with Crippen LogP contribution in [0.2, 0.25) is 5.02 Å². The van der Waals surface area contributed by atoms with Crippen molar-refractivity contribution >= 4 is 27.5 Å². The normalized spacial score (nSPS) is 12.4. The Labute approximate surface area is 129 Å². The smallest absolute Gasteiger partial charge is 0.128 e. The molecule has 2 aromatic rings. The van der Waals surface area contributed by atoms with Crippen molar-refractivity contribution in [2.24, 2.45) is 5.84 Å². The second-order valence-electron chi connectivity index (χ2n) is 4.32. The average Bonchev–Trinajstić information content (AvgIpc) is 2.41. The second-order valence-corrected chi connectivity index (χ2v) is 5.68. The standard InChI is InChI=1S/C14H12BrClF2N2/c15-9-2-1-8(13(18)6-9)5-14(20-19)11-7-10(16)3-4-12(11)17/h1-4,6-7,14,20H,5,19H2. The van der Waals surface area contributed by atoms with Gasteiger partial charge in [-0.05, 0) is 42.3 Å². The van der Waals surface area contributed by atoms with Gasteiger partial charge in [0.1, 0.15) is 11.6 Å². The Kier molecular flexibility index (Phi) is 5.10. The van der Waals surface area contributed by atoms with E-state index in [1.165, 1.54) is 24.3 Å². The quantitative estimate of drug-likeness (QED) is 0.635. The summed E-state index contributed by atoms with van der Waals surface area (Å²) in [6.45, 7) is 0. The van der Waals surface area contributed by atoms with Gasteiger partial charge in [0.15, 0.2) is 0 Å². The van der Waals surface area contributed by atoms with E-state index in [1.54, 1.807) is 12.1 Å². The molecule has 0 amide bonds. The van der Waals surface area contributed by atoms with Crippen LogP contribution in [0, 0.1) is 11.6 Å². The van der Waals surface area contributed by atoms with Crippen molar-refractivity contribution < 1.29 is 8.78 Å². The topological polar surface area (TPSA) is 38.0 Å². The van der Waals surface area contributed by atoms with Gasteiger partial charge in [0, 0.05) is 15.1 Å². The summed E-state index contributed by atoms with van der Waals surface area (Å²) >= 11 is 9.05. The van der Waals surface area contributed by atoms with E-state index in [0.717, 1.165) is 0 Å². The van der Waals surface area contributed by atoms with E-state index in [-0.39, 0.29) is 12.2 Å². The van der Waals surface area contributed by atoms with Crippen LogP contribution in [0.1, 0.15) is 17.2 Å². The maximum absolute atomic E-state index is 13.8. The molecule has 1 atom stereocenters. The van der Waals surface area contributed by atoms with Crippen LogP contribution in [0.4, 0.5) is 8.78 Å². The molecule has 0 aliphatic heterocycles. The van der Waals surface area contributed by atoms with Crippen LogP contribution >= 0.6 is 27.5 Å². The van der Waals surface area contributed by atoms with Crippen molar-refractivity contribution in [3.8, 4) is 0 Å². The largest absolute Gasteiger partial charge is 0.271 e. The number of benzene rings is 2. The lowest BCUT2D eigenvalue weighted by Crippen LogP contribution is -2.30. The first kappa shape index (κ1) is 15.4. The molecule has 0 aliphatic carbocycles. The lowest BCUT2D eigenvalue weighted by atomic mass is 9.98. The van der Waals surface area contributed by atoms with Gasteiger partial charge < -0.3 is 0 Å². The second kappa shape index (κ2) is 6.63. The van der Waals surface area contributed by atoms with Gasteiger partial charge in [-0.3, -0.25) is 11.3 Å². The van der Waals surface area contributed by atoms with Gasteiger partial charge in [0.25, 0.3) is 0 Å². The minimum Gasteiger partial charge on any atom is -0.271 e. The van der Waals surface area contributed by atoms with E-state index in [4.69, 9.17) is 17.4 Å². The van der Waals surface area contributed by atoms with Crippen LogP contribution in [0.25, 0.3) is 0 Å². The minimum absolute atomic E-state index is 0.215. The molecular formula is C14H12BrClF2N2. The Hall–Kier alpha value is -1.01. The molecule has 0 spiro atoms. The van der Waals surface area contributed by atoms with E-state index >= 15 is 0 Å². The molecular weight excluding hydrogens is 350 g/mol. The Balaban J connectivity index is 2.31. The van der Waals surface area contributed by atoms with E-state index in [0.29, 0.717) is 20.6 Å². The van der Waals surface area contributed by atoms with E-state index < -0.39 is 11.9 Å². The molecule has 0 fully saturated rings. The average molecular weight is 362 g/mol. The number of halogens is 4. The van der Waals surface area contributed by atoms with Crippen LogP contribution < -0.4 is 11.3 Å². The Bertz CT molecular complexity index is 622. The van der Waals surface area contributed by atoms with E-state index in [2.05, 4.69) is 21.4 Å². The molecule has 20 heavy (non-hydrogen) atoms. The van der Waals surface area contributed by atoms with Crippen molar-refractivity contribution in [2.75, 3.05) is 0 Å². The molecule has 6 heteroatoms. The molecule has 106 valence electrons. The van der Waals surface area contributed by atoms with Gasteiger partial charge in [-0.1, -0.05) is 33.6 Å². The number of hydrogen-bond donors (Lipinski definition) is 2. The third-order valence-corrected chi connectivity index (χ3v) is 3.70. The third-order valence-electron chi connectivity index (χ3n) is 2.97. The highest BCUT2D eigenvalue weighted by Gasteiger charge is 2.17. The molecule has 1 unspecified atom stereocenters. The Morgan fingerprint density at radius 1 is 1.15 bits per heavy atom. The van der Waals surface area contributed by atoms with Crippen molar-refractivity contribution in [3.63, 3.8) is 0 Å². The van der Waals surface area contributed by atoms with Crippen molar-refractivity contribution in [1.29, 1.82) is 0 Å². The summed E-state index contributed by atoms with van der Waals surface area (Å²) in [6, 6.07) is 8.35. The predicted octanol–water partition coefficient (Wildman–Crippen LogP) is 4.13. The van der Waals surface area contributed by atoms with E-state index in [1.807, 2.05) is 0 Å². The predicted molar refractivity (Wildman–Crippen MR) is 79.3 cm³/mol. The molecule has 0 heterocycles. The monoisotopic (exact) mass is 360 g/mol. The fourth-order valence-electron chi connectivity index (χ4n) is 1.95. The summed E-state index contributed by atoms with van der Waals surface area (Å²) in [4.78, 5) is 0. The number of hydrogen-bond acceptors (Lipinski definition) is 2. The zero-order chi connectivity index (χ0) is 14.7. The summed E-state index contributed by atoms with van der Waals surface area (Å²) < 4.78 is 28.3. The molecule has 0 aliphatic rings. The number of rotatable bonds is 4. The highest BCUT2D eigenvalue weighted by molar-refractivity contribution is 9.10.